The Labute approximate surface area is 116 Å². The normalized spacial score (nSPS) is 11.6. The van der Waals surface area contributed by atoms with Crippen LogP contribution in [0.1, 0.15) is 26.7 Å². The van der Waals surface area contributed by atoms with E-state index >= 15 is 0 Å². The van der Waals surface area contributed by atoms with Crippen molar-refractivity contribution in [2.45, 2.75) is 26.7 Å². The first kappa shape index (κ1) is 18.7. The van der Waals surface area contributed by atoms with Crippen molar-refractivity contribution in [3.8, 4) is 11.8 Å². The van der Waals surface area contributed by atoms with Crippen LogP contribution < -0.4 is 0 Å². The van der Waals surface area contributed by atoms with Crippen LogP contribution in [-0.2, 0) is 0 Å². The van der Waals surface area contributed by atoms with Gasteiger partial charge in [-0.25, -0.2) is 0 Å². The van der Waals surface area contributed by atoms with Crippen LogP contribution in [0, 0.1) is 17.8 Å². The zero-order chi connectivity index (χ0) is 11.5. The summed E-state index contributed by atoms with van der Waals surface area (Å²) < 4.78 is 0. The molecule has 1 unspecified atom stereocenters. The Morgan fingerprint density at radius 3 is 2.19 bits per heavy atom. The van der Waals surface area contributed by atoms with Crippen LogP contribution in [0.25, 0.3) is 0 Å². The predicted octanol–water partition coefficient (Wildman–Crippen LogP) is 3.63. The van der Waals surface area contributed by atoms with E-state index in [1.807, 2.05) is 0 Å². The number of alkyl halides is 2. The van der Waals surface area contributed by atoms with Crippen LogP contribution in [0.4, 0.5) is 0 Å². The van der Waals surface area contributed by atoms with Crippen LogP contribution in [-0.4, -0.2) is 36.3 Å². The molecular weight excluding hydrogens is 264 g/mol. The molecule has 4 heteroatoms. The Morgan fingerprint density at radius 2 is 1.75 bits per heavy atom. The molecule has 0 aliphatic rings. The van der Waals surface area contributed by atoms with E-state index in [0.717, 1.165) is 19.6 Å². The molecule has 0 radical (unpaired) electrons. The Balaban J connectivity index is 0. The highest BCUT2D eigenvalue weighted by Gasteiger charge is 2.00. The molecule has 0 aliphatic heterocycles. The molecule has 0 aliphatic carbocycles. The van der Waals surface area contributed by atoms with E-state index in [4.69, 9.17) is 23.2 Å². The highest BCUT2D eigenvalue weighted by molar-refractivity contribution is 6.18. The standard InChI is InChI=1S/C12H21Cl2N.ClH/c1-3-5-12(2)6-4-9-15(10-7-13)11-8-14;/h12H,3,5,7-11H2,1-2H3;1H. The minimum absolute atomic E-state index is 0. The van der Waals surface area contributed by atoms with Gasteiger partial charge in [-0.1, -0.05) is 32.1 Å². The van der Waals surface area contributed by atoms with Crippen molar-refractivity contribution in [1.82, 2.24) is 4.90 Å². The van der Waals surface area contributed by atoms with Crippen LogP contribution in [0.15, 0.2) is 0 Å². The van der Waals surface area contributed by atoms with Crippen molar-refractivity contribution in [2.75, 3.05) is 31.4 Å². The smallest absolute Gasteiger partial charge is 0.0602 e. The summed E-state index contributed by atoms with van der Waals surface area (Å²) in [5.41, 5.74) is 0. The molecule has 0 aromatic carbocycles. The summed E-state index contributed by atoms with van der Waals surface area (Å²) in [6, 6.07) is 0. The zero-order valence-electron chi connectivity index (χ0n) is 10.1. The van der Waals surface area contributed by atoms with Gasteiger partial charge < -0.3 is 0 Å². The molecule has 0 amide bonds. The zero-order valence-corrected chi connectivity index (χ0v) is 12.5. The largest absolute Gasteiger partial charge is 0.290 e. The molecule has 0 saturated carbocycles. The van der Waals surface area contributed by atoms with Crippen molar-refractivity contribution < 1.29 is 0 Å². The summed E-state index contributed by atoms with van der Waals surface area (Å²) in [6.45, 7) is 6.87. The fourth-order valence-electron chi connectivity index (χ4n) is 1.35. The molecule has 0 bridgehead atoms. The van der Waals surface area contributed by atoms with Gasteiger partial charge in [-0.05, 0) is 6.42 Å². The second kappa shape index (κ2) is 13.5. The number of nitrogens with zero attached hydrogens (tertiary/aromatic N) is 1. The molecule has 0 spiro atoms. The molecule has 0 N–H and O–H groups in total. The minimum Gasteiger partial charge on any atom is -0.290 e. The average Bonchev–Trinajstić information content (AvgIpc) is 2.19. The SMILES string of the molecule is CCCC(C)C#CCN(CCCl)CCCl.Cl. The number of halogens is 3. The second-order valence-corrected chi connectivity index (χ2v) is 4.42. The molecule has 0 fully saturated rings. The van der Waals surface area contributed by atoms with Crippen molar-refractivity contribution in [1.29, 1.82) is 0 Å². The van der Waals surface area contributed by atoms with Gasteiger partial charge in [-0.2, -0.15) is 0 Å². The van der Waals surface area contributed by atoms with Crippen molar-refractivity contribution >= 4 is 35.6 Å². The van der Waals surface area contributed by atoms with E-state index < -0.39 is 0 Å². The van der Waals surface area contributed by atoms with Gasteiger partial charge in [0.2, 0.25) is 0 Å². The van der Waals surface area contributed by atoms with E-state index in [9.17, 15) is 0 Å². The summed E-state index contributed by atoms with van der Waals surface area (Å²) in [5.74, 6) is 8.24. The van der Waals surface area contributed by atoms with Crippen LogP contribution >= 0.6 is 35.6 Å². The molecule has 0 saturated heterocycles. The van der Waals surface area contributed by atoms with Gasteiger partial charge in [-0.3, -0.25) is 4.90 Å². The average molecular weight is 287 g/mol. The summed E-state index contributed by atoms with van der Waals surface area (Å²) in [6.07, 6.45) is 2.38. The lowest BCUT2D eigenvalue weighted by Crippen LogP contribution is -2.28. The molecule has 96 valence electrons. The molecule has 1 atom stereocenters. The van der Waals surface area contributed by atoms with Gasteiger partial charge in [-0.15, -0.1) is 35.6 Å². The topological polar surface area (TPSA) is 3.24 Å². The third-order valence-corrected chi connectivity index (χ3v) is 2.51. The summed E-state index contributed by atoms with van der Waals surface area (Å²) in [5, 5.41) is 0. The van der Waals surface area contributed by atoms with Gasteiger partial charge in [0.25, 0.3) is 0 Å². The van der Waals surface area contributed by atoms with E-state index in [-0.39, 0.29) is 12.4 Å². The van der Waals surface area contributed by atoms with E-state index in [1.54, 1.807) is 0 Å². The molecular formula is C12H22Cl3N. The van der Waals surface area contributed by atoms with E-state index in [0.29, 0.717) is 17.7 Å². The van der Waals surface area contributed by atoms with Crippen molar-refractivity contribution in [2.24, 2.45) is 5.92 Å². The lowest BCUT2D eigenvalue weighted by atomic mass is 10.1. The summed E-state index contributed by atoms with van der Waals surface area (Å²) in [4.78, 5) is 2.19. The van der Waals surface area contributed by atoms with Crippen LogP contribution in [0.5, 0.6) is 0 Å². The van der Waals surface area contributed by atoms with E-state index in [1.165, 1.54) is 12.8 Å². The second-order valence-electron chi connectivity index (χ2n) is 3.66. The molecule has 0 heterocycles. The first-order valence-corrected chi connectivity index (χ1v) is 6.64. The molecule has 0 aromatic heterocycles. The van der Waals surface area contributed by atoms with Gasteiger partial charge in [0, 0.05) is 30.8 Å². The van der Waals surface area contributed by atoms with Gasteiger partial charge >= 0.3 is 0 Å². The quantitative estimate of drug-likeness (QED) is 0.510. The summed E-state index contributed by atoms with van der Waals surface area (Å²) in [7, 11) is 0. The molecule has 0 rings (SSSR count). The lowest BCUT2D eigenvalue weighted by molar-refractivity contribution is 0.346. The Morgan fingerprint density at radius 1 is 1.19 bits per heavy atom. The van der Waals surface area contributed by atoms with Gasteiger partial charge in [0.1, 0.15) is 0 Å². The van der Waals surface area contributed by atoms with E-state index in [2.05, 4.69) is 30.6 Å². The monoisotopic (exact) mass is 285 g/mol. The van der Waals surface area contributed by atoms with Gasteiger partial charge in [0.05, 0.1) is 6.54 Å². The van der Waals surface area contributed by atoms with Crippen molar-refractivity contribution in [3.63, 3.8) is 0 Å². The Kier molecular flexibility index (Phi) is 15.8. The maximum absolute atomic E-state index is 5.69. The summed E-state index contributed by atoms with van der Waals surface area (Å²) >= 11 is 11.4. The maximum Gasteiger partial charge on any atom is 0.0602 e. The molecule has 1 nitrogen and oxygen atoms in total. The Bertz CT molecular complexity index is 192. The number of rotatable bonds is 7. The minimum atomic E-state index is 0. The fourth-order valence-corrected chi connectivity index (χ4v) is 1.82. The number of hydrogen-bond acceptors (Lipinski definition) is 1. The van der Waals surface area contributed by atoms with Crippen LogP contribution in [0.2, 0.25) is 0 Å². The fraction of sp³-hybridized carbons (Fsp3) is 0.833. The number of hydrogen-bond donors (Lipinski definition) is 0. The lowest BCUT2D eigenvalue weighted by Gasteiger charge is -2.16. The highest BCUT2D eigenvalue weighted by Crippen LogP contribution is 2.02. The van der Waals surface area contributed by atoms with Crippen LogP contribution in [0.3, 0.4) is 0 Å². The van der Waals surface area contributed by atoms with Gasteiger partial charge in [0.15, 0.2) is 0 Å². The predicted molar refractivity (Wildman–Crippen MR) is 77.0 cm³/mol. The third-order valence-electron chi connectivity index (χ3n) is 2.17. The van der Waals surface area contributed by atoms with Crippen molar-refractivity contribution in [3.05, 3.63) is 0 Å². The first-order valence-electron chi connectivity index (χ1n) is 5.57. The first-order chi connectivity index (χ1) is 7.24. The Hall–Kier alpha value is 0.390. The molecule has 16 heavy (non-hydrogen) atoms. The third kappa shape index (κ3) is 10.9. The highest BCUT2D eigenvalue weighted by atomic mass is 35.5. The molecule has 0 aromatic rings. The maximum atomic E-state index is 5.69.